The Bertz CT molecular complexity index is 502. The van der Waals surface area contributed by atoms with Crippen LogP contribution in [0.5, 0.6) is 5.75 Å². The summed E-state index contributed by atoms with van der Waals surface area (Å²) in [6.07, 6.45) is 0. The second kappa shape index (κ2) is 9.40. The number of hydrogen-bond acceptors (Lipinski definition) is 3. The van der Waals surface area contributed by atoms with Gasteiger partial charge < -0.3 is 15.2 Å². The van der Waals surface area contributed by atoms with Crippen molar-refractivity contribution in [2.45, 2.75) is 19.5 Å². The van der Waals surface area contributed by atoms with Gasteiger partial charge in [0.05, 0.1) is 6.61 Å². The first-order valence-corrected chi connectivity index (χ1v) is 6.90. The van der Waals surface area contributed by atoms with Crippen molar-refractivity contribution in [3.8, 4) is 5.75 Å². The molecule has 0 amide bonds. The number of nitrogens with one attached hydrogen (secondary N) is 1. The van der Waals surface area contributed by atoms with Gasteiger partial charge in [-0.15, -0.1) is 12.4 Å². The minimum atomic E-state index is 0. The van der Waals surface area contributed by atoms with Crippen LogP contribution in [0.3, 0.4) is 0 Å². The molecule has 0 heterocycles. The third-order valence-electron chi connectivity index (χ3n) is 3.20. The molecule has 0 aliphatic carbocycles. The van der Waals surface area contributed by atoms with Crippen molar-refractivity contribution in [2.24, 2.45) is 0 Å². The maximum absolute atomic E-state index is 8.70. The van der Waals surface area contributed by atoms with E-state index >= 15 is 0 Å². The maximum atomic E-state index is 8.70. The number of hydrogen-bond donors (Lipinski definition) is 2. The van der Waals surface area contributed by atoms with E-state index < -0.39 is 0 Å². The molecule has 0 spiro atoms. The smallest absolute Gasteiger partial charge is 0.119 e. The van der Waals surface area contributed by atoms with Crippen molar-refractivity contribution in [1.29, 1.82) is 0 Å². The van der Waals surface area contributed by atoms with E-state index in [1.54, 1.807) is 0 Å². The Hall–Kier alpha value is -1.55. The molecule has 2 N–H and O–H groups in total. The molecule has 0 bridgehead atoms. The van der Waals surface area contributed by atoms with Crippen LogP contribution in [0.1, 0.15) is 24.1 Å². The average molecular weight is 308 g/mol. The molecule has 0 aliphatic heterocycles. The minimum absolute atomic E-state index is 0. The summed E-state index contributed by atoms with van der Waals surface area (Å²) in [5.41, 5.74) is 2.50. The van der Waals surface area contributed by atoms with Gasteiger partial charge in [0.25, 0.3) is 0 Å². The Morgan fingerprint density at radius 2 is 1.71 bits per heavy atom. The number of rotatable bonds is 7. The molecule has 0 saturated heterocycles. The lowest BCUT2D eigenvalue weighted by atomic mass is 10.1. The van der Waals surface area contributed by atoms with Crippen LogP contribution < -0.4 is 10.1 Å². The highest BCUT2D eigenvalue weighted by molar-refractivity contribution is 5.85. The highest BCUT2D eigenvalue weighted by Gasteiger charge is 2.03. The third-order valence-corrected chi connectivity index (χ3v) is 3.20. The van der Waals surface area contributed by atoms with Gasteiger partial charge in [-0.25, -0.2) is 0 Å². The van der Waals surface area contributed by atoms with Crippen molar-refractivity contribution in [3.05, 3.63) is 65.7 Å². The highest BCUT2D eigenvalue weighted by Crippen LogP contribution is 2.15. The van der Waals surface area contributed by atoms with Gasteiger partial charge in [-0.3, -0.25) is 0 Å². The molecular weight excluding hydrogens is 286 g/mol. The Morgan fingerprint density at radius 1 is 1.05 bits per heavy atom. The fraction of sp³-hybridized carbons (Fsp3) is 0.294. The summed E-state index contributed by atoms with van der Waals surface area (Å²) in [7, 11) is 0. The van der Waals surface area contributed by atoms with Crippen LogP contribution in [-0.4, -0.2) is 18.3 Å². The second-order valence-corrected chi connectivity index (χ2v) is 4.73. The predicted molar refractivity (Wildman–Crippen MR) is 88.0 cm³/mol. The second-order valence-electron chi connectivity index (χ2n) is 4.73. The Morgan fingerprint density at radius 3 is 2.33 bits per heavy atom. The quantitative estimate of drug-likeness (QED) is 0.824. The largest absolute Gasteiger partial charge is 0.491 e. The molecule has 0 saturated carbocycles. The van der Waals surface area contributed by atoms with Crippen LogP contribution in [0.25, 0.3) is 0 Å². The molecule has 21 heavy (non-hydrogen) atoms. The van der Waals surface area contributed by atoms with Gasteiger partial charge in [-0.05, 0) is 30.2 Å². The van der Waals surface area contributed by atoms with Gasteiger partial charge in [-0.2, -0.15) is 0 Å². The molecule has 4 heteroatoms. The van der Waals surface area contributed by atoms with Crippen LogP contribution in [0, 0.1) is 0 Å². The Balaban J connectivity index is 0.00000220. The van der Waals surface area contributed by atoms with E-state index in [1.165, 1.54) is 11.1 Å². The van der Waals surface area contributed by atoms with Gasteiger partial charge in [0.15, 0.2) is 0 Å². The number of benzene rings is 2. The molecule has 114 valence electrons. The summed E-state index contributed by atoms with van der Waals surface area (Å²) < 4.78 is 5.33. The highest BCUT2D eigenvalue weighted by atomic mass is 35.5. The molecule has 0 aromatic heterocycles. The van der Waals surface area contributed by atoms with E-state index in [4.69, 9.17) is 9.84 Å². The zero-order valence-corrected chi connectivity index (χ0v) is 13.0. The summed E-state index contributed by atoms with van der Waals surface area (Å²) >= 11 is 0. The van der Waals surface area contributed by atoms with Gasteiger partial charge in [0.1, 0.15) is 12.4 Å². The minimum Gasteiger partial charge on any atom is -0.491 e. The first-order chi connectivity index (χ1) is 9.79. The third kappa shape index (κ3) is 5.76. The van der Waals surface area contributed by atoms with Crippen LogP contribution in [0.2, 0.25) is 0 Å². The average Bonchev–Trinajstić information content (AvgIpc) is 2.52. The van der Waals surface area contributed by atoms with Gasteiger partial charge in [-0.1, -0.05) is 42.5 Å². The van der Waals surface area contributed by atoms with E-state index in [0.29, 0.717) is 12.6 Å². The van der Waals surface area contributed by atoms with Crippen molar-refractivity contribution in [1.82, 2.24) is 5.32 Å². The molecule has 0 aliphatic rings. The van der Waals surface area contributed by atoms with Crippen LogP contribution in [0.15, 0.2) is 54.6 Å². The molecule has 2 aromatic carbocycles. The van der Waals surface area contributed by atoms with Gasteiger partial charge in [0, 0.05) is 12.6 Å². The Kier molecular flexibility index (Phi) is 7.83. The van der Waals surface area contributed by atoms with Crippen molar-refractivity contribution < 1.29 is 9.84 Å². The van der Waals surface area contributed by atoms with Crippen LogP contribution >= 0.6 is 12.4 Å². The fourth-order valence-electron chi connectivity index (χ4n) is 2.00. The van der Waals surface area contributed by atoms with Crippen molar-refractivity contribution >= 4 is 12.4 Å². The first-order valence-electron chi connectivity index (χ1n) is 6.90. The Labute approximate surface area is 132 Å². The number of ether oxygens (including phenoxy) is 1. The molecule has 0 fully saturated rings. The lowest BCUT2D eigenvalue weighted by Gasteiger charge is -2.14. The molecule has 3 nitrogen and oxygen atoms in total. The summed E-state index contributed by atoms with van der Waals surface area (Å²) in [6.45, 7) is 3.35. The van der Waals surface area contributed by atoms with Crippen molar-refractivity contribution in [3.63, 3.8) is 0 Å². The molecule has 2 rings (SSSR count). The topological polar surface area (TPSA) is 41.5 Å². The molecule has 1 unspecified atom stereocenters. The summed E-state index contributed by atoms with van der Waals surface area (Å²) in [5.74, 6) is 0.791. The van der Waals surface area contributed by atoms with Gasteiger partial charge >= 0.3 is 0 Å². The zero-order valence-electron chi connectivity index (χ0n) is 12.2. The SMILES string of the molecule is CC(NCc1ccc(OCCO)cc1)c1ccccc1.Cl. The molecule has 0 radical (unpaired) electrons. The molecule has 2 aromatic rings. The molecule has 1 atom stereocenters. The summed E-state index contributed by atoms with van der Waals surface area (Å²) in [5, 5.41) is 12.2. The van der Waals surface area contributed by atoms with Gasteiger partial charge in [0.2, 0.25) is 0 Å². The van der Waals surface area contributed by atoms with Crippen molar-refractivity contribution in [2.75, 3.05) is 13.2 Å². The van der Waals surface area contributed by atoms with E-state index in [1.807, 2.05) is 30.3 Å². The standard InChI is InChI=1S/C17H21NO2.ClH/c1-14(16-5-3-2-4-6-16)18-13-15-7-9-17(10-8-15)20-12-11-19;/h2-10,14,18-19H,11-13H2,1H3;1H. The first kappa shape index (κ1) is 17.5. The van der Waals surface area contributed by atoms with E-state index in [2.05, 4.69) is 36.5 Å². The fourth-order valence-corrected chi connectivity index (χ4v) is 2.00. The predicted octanol–water partition coefficient (Wildman–Crippen LogP) is 3.33. The number of aliphatic hydroxyl groups excluding tert-OH is 1. The van der Waals surface area contributed by atoms with E-state index in [0.717, 1.165) is 12.3 Å². The number of aliphatic hydroxyl groups is 1. The van der Waals surface area contributed by atoms with Crippen LogP contribution in [0.4, 0.5) is 0 Å². The lowest BCUT2D eigenvalue weighted by molar-refractivity contribution is 0.201. The van der Waals surface area contributed by atoms with E-state index in [9.17, 15) is 0 Å². The normalized spacial score (nSPS) is 11.5. The summed E-state index contributed by atoms with van der Waals surface area (Å²) in [4.78, 5) is 0. The number of halogens is 1. The van der Waals surface area contributed by atoms with Crippen LogP contribution in [-0.2, 0) is 6.54 Å². The summed E-state index contributed by atoms with van der Waals surface area (Å²) in [6, 6.07) is 18.7. The lowest BCUT2D eigenvalue weighted by Crippen LogP contribution is -2.17. The monoisotopic (exact) mass is 307 g/mol. The molecular formula is C17H22ClNO2. The van der Waals surface area contributed by atoms with E-state index in [-0.39, 0.29) is 19.0 Å². The zero-order chi connectivity index (χ0) is 14.2. The maximum Gasteiger partial charge on any atom is 0.119 e.